The van der Waals surface area contributed by atoms with Gasteiger partial charge >= 0.3 is 0 Å². The van der Waals surface area contributed by atoms with Crippen molar-refractivity contribution in [3.05, 3.63) is 36.2 Å². The van der Waals surface area contributed by atoms with E-state index in [1.165, 1.54) is 0 Å². The summed E-state index contributed by atoms with van der Waals surface area (Å²) in [5, 5.41) is 16.2. The number of tetrazole rings is 1. The molecule has 1 atom stereocenters. The summed E-state index contributed by atoms with van der Waals surface area (Å²) in [5.74, 6) is 1.23. The Morgan fingerprint density at radius 3 is 2.90 bits per heavy atom. The van der Waals surface area contributed by atoms with E-state index in [-0.39, 0.29) is 11.9 Å². The lowest BCUT2D eigenvalue weighted by atomic mass is 10.2. The minimum atomic E-state index is -0.253. The molecule has 0 spiro atoms. The Balaban J connectivity index is 1.63. The van der Waals surface area contributed by atoms with E-state index < -0.39 is 0 Å². The summed E-state index contributed by atoms with van der Waals surface area (Å²) in [6.07, 6.45) is 1.05. The summed E-state index contributed by atoms with van der Waals surface area (Å²) in [5.41, 5.74) is 0. The fraction of sp³-hybridized carbons (Fsp3) is 0.385. The lowest BCUT2D eigenvalue weighted by molar-refractivity contribution is -0.122. The van der Waals surface area contributed by atoms with Crippen LogP contribution in [-0.2, 0) is 4.79 Å². The van der Waals surface area contributed by atoms with Gasteiger partial charge in [0.05, 0.1) is 12.6 Å². The molecule has 1 heterocycles. The highest BCUT2D eigenvalue weighted by Gasteiger charge is 2.12. The number of rotatable bonds is 7. The molecular formula is C13H17N5O2. The zero-order valence-electron chi connectivity index (χ0n) is 11.2. The normalized spacial score (nSPS) is 11.8. The maximum Gasteiger partial charge on any atom is 0.220 e. The SMILES string of the molecule is CC(NC(=O)CCCOc1ccccc1)c1nn[nH]n1. The molecule has 0 saturated heterocycles. The third-order valence-corrected chi connectivity index (χ3v) is 2.69. The van der Waals surface area contributed by atoms with Crippen LogP contribution >= 0.6 is 0 Å². The summed E-state index contributed by atoms with van der Waals surface area (Å²) in [6.45, 7) is 2.32. The molecule has 2 N–H and O–H groups in total. The summed E-state index contributed by atoms with van der Waals surface area (Å²) >= 11 is 0. The predicted octanol–water partition coefficient (Wildman–Crippen LogP) is 1.24. The van der Waals surface area contributed by atoms with Crippen molar-refractivity contribution in [2.45, 2.75) is 25.8 Å². The molecule has 0 aliphatic carbocycles. The second-order valence-corrected chi connectivity index (χ2v) is 4.32. The molecule has 1 aromatic heterocycles. The fourth-order valence-corrected chi connectivity index (χ4v) is 1.67. The van der Waals surface area contributed by atoms with Crippen molar-refractivity contribution in [2.24, 2.45) is 0 Å². The first-order valence-electron chi connectivity index (χ1n) is 6.46. The van der Waals surface area contributed by atoms with Gasteiger partial charge in [0.2, 0.25) is 5.91 Å². The van der Waals surface area contributed by atoms with E-state index in [0.29, 0.717) is 25.3 Å². The van der Waals surface area contributed by atoms with Crippen LogP contribution in [0.2, 0.25) is 0 Å². The van der Waals surface area contributed by atoms with Crippen LogP contribution < -0.4 is 10.1 Å². The van der Waals surface area contributed by atoms with Crippen LogP contribution in [-0.4, -0.2) is 33.1 Å². The van der Waals surface area contributed by atoms with E-state index in [1.54, 1.807) is 0 Å². The van der Waals surface area contributed by atoms with Crippen LogP contribution in [0.25, 0.3) is 0 Å². The molecular weight excluding hydrogens is 258 g/mol. The monoisotopic (exact) mass is 275 g/mol. The second-order valence-electron chi connectivity index (χ2n) is 4.32. The van der Waals surface area contributed by atoms with E-state index >= 15 is 0 Å². The van der Waals surface area contributed by atoms with Crippen LogP contribution in [0.1, 0.15) is 31.6 Å². The molecule has 1 aromatic carbocycles. The largest absolute Gasteiger partial charge is 0.494 e. The van der Waals surface area contributed by atoms with Gasteiger partial charge in [-0.15, -0.1) is 10.2 Å². The van der Waals surface area contributed by atoms with Gasteiger partial charge in [0, 0.05) is 6.42 Å². The van der Waals surface area contributed by atoms with Crippen molar-refractivity contribution in [1.29, 1.82) is 0 Å². The number of amides is 1. The maximum atomic E-state index is 11.7. The lowest BCUT2D eigenvalue weighted by Crippen LogP contribution is -2.27. The molecule has 7 heteroatoms. The van der Waals surface area contributed by atoms with Crippen molar-refractivity contribution in [2.75, 3.05) is 6.61 Å². The number of hydrogen-bond donors (Lipinski definition) is 2. The van der Waals surface area contributed by atoms with Gasteiger partial charge in [0.15, 0.2) is 5.82 Å². The Morgan fingerprint density at radius 1 is 1.40 bits per heavy atom. The summed E-state index contributed by atoms with van der Waals surface area (Å²) in [4.78, 5) is 11.7. The molecule has 0 bridgehead atoms. The van der Waals surface area contributed by atoms with E-state index in [9.17, 15) is 4.79 Å². The Bertz CT molecular complexity index is 515. The first kappa shape index (κ1) is 14.0. The number of para-hydroxylation sites is 1. The number of carbonyl (C=O) groups excluding carboxylic acids is 1. The Hall–Kier alpha value is -2.44. The molecule has 0 radical (unpaired) electrons. The topological polar surface area (TPSA) is 92.8 Å². The maximum absolute atomic E-state index is 11.7. The number of ether oxygens (including phenoxy) is 1. The minimum absolute atomic E-state index is 0.0565. The highest BCUT2D eigenvalue weighted by atomic mass is 16.5. The summed E-state index contributed by atoms with van der Waals surface area (Å²) in [6, 6.07) is 9.27. The molecule has 0 aliphatic heterocycles. The van der Waals surface area contributed by atoms with Crippen LogP contribution in [0, 0.1) is 0 Å². The first-order chi connectivity index (χ1) is 9.75. The molecule has 0 fully saturated rings. The number of hydrogen-bond acceptors (Lipinski definition) is 5. The van der Waals surface area contributed by atoms with Crippen molar-refractivity contribution >= 4 is 5.91 Å². The molecule has 106 valence electrons. The first-order valence-corrected chi connectivity index (χ1v) is 6.46. The number of aromatic amines is 1. The van der Waals surface area contributed by atoms with E-state index in [4.69, 9.17) is 4.74 Å². The Morgan fingerprint density at radius 2 is 2.20 bits per heavy atom. The minimum Gasteiger partial charge on any atom is -0.494 e. The number of nitrogens with one attached hydrogen (secondary N) is 2. The number of nitrogens with zero attached hydrogens (tertiary/aromatic N) is 3. The molecule has 2 rings (SSSR count). The standard InChI is InChI=1S/C13H17N5O2/c1-10(13-15-17-18-16-13)14-12(19)8-5-9-20-11-6-3-2-4-7-11/h2-4,6-7,10H,5,8-9H2,1H3,(H,14,19)(H,15,16,17,18). The van der Waals surface area contributed by atoms with Crippen molar-refractivity contribution in [3.8, 4) is 5.75 Å². The van der Waals surface area contributed by atoms with Gasteiger partial charge in [0.25, 0.3) is 0 Å². The van der Waals surface area contributed by atoms with Crippen LogP contribution in [0.5, 0.6) is 5.75 Å². The summed E-state index contributed by atoms with van der Waals surface area (Å²) < 4.78 is 5.51. The van der Waals surface area contributed by atoms with Gasteiger partial charge in [-0.3, -0.25) is 4.79 Å². The average Bonchev–Trinajstić information content (AvgIpc) is 2.99. The number of H-pyrrole nitrogens is 1. The fourth-order valence-electron chi connectivity index (χ4n) is 1.67. The van der Waals surface area contributed by atoms with E-state index in [2.05, 4.69) is 25.9 Å². The molecule has 2 aromatic rings. The second kappa shape index (κ2) is 7.22. The van der Waals surface area contributed by atoms with Crippen molar-refractivity contribution in [3.63, 3.8) is 0 Å². The van der Waals surface area contributed by atoms with Gasteiger partial charge in [-0.25, -0.2) is 0 Å². The Kier molecular flexibility index (Phi) is 5.05. The molecule has 1 unspecified atom stereocenters. The van der Waals surface area contributed by atoms with Crippen molar-refractivity contribution in [1.82, 2.24) is 25.9 Å². The van der Waals surface area contributed by atoms with Gasteiger partial charge in [-0.2, -0.15) is 5.21 Å². The quantitative estimate of drug-likeness (QED) is 0.741. The molecule has 1 amide bonds. The van der Waals surface area contributed by atoms with Gasteiger partial charge < -0.3 is 10.1 Å². The zero-order chi connectivity index (χ0) is 14.2. The highest BCUT2D eigenvalue weighted by Crippen LogP contribution is 2.09. The molecule has 0 saturated carbocycles. The zero-order valence-corrected chi connectivity index (χ0v) is 11.2. The predicted molar refractivity (Wildman–Crippen MR) is 71.9 cm³/mol. The molecule has 0 aliphatic rings. The van der Waals surface area contributed by atoms with Crippen LogP contribution in [0.15, 0.2) is 30.3 Å². The van der Waals surface area contributed by atoms with E-state index in [1.807, 2.05) is 37.3 Å². The number of benzene rings is 1. The van der Waals surface area contributed by atoms with E-state index in [0.717, 1.165) is 5.75 Å². The number of aromatic nitrogens is 4. The van der Waals surface area contributed by atoms with Gasteiger partial charge in [-0.05, 0) is 25.5 Å². The van der Waals surface area contributed by atoms with Crippen LogP contribution in [0.3, 0.4) is 0 Å². The van der Waals surface area contributed by atoms with Gasteiger partial charge in [0.1, 0.15) is 5.75 Å². The smallest absolute Gasteiger partial charge is 0.220 e. The van der Waals surface area contributed by atoms with Gasteiger partial charge in [-0.1, -0.05) is 23.4 Å². The Labute approximate surface area is 116 Å². The molecule has 7 nitrogen and oxygen atoms in total. The summed E-state index contributed by atoms with van der Waals surface area (Å²) in [7, 11) is 0. The number of carbonyl (C=O) groups is 1. The van der Waals surface area contributed by atoms with Crippen molar-refractivity contribution < 1.29 is 9.53 Å². The third kappa shape index (κ3) is 4.34. The molecule has 20 heavy (non-hydrogen) atoms. The third-order valence-electron chi connectivity index (χ3n) is 2.69. The van der Waals surface area contributed by atoms with Crippen LogP contribution in [0.4, 0.5) is 0 Å². The average molecular weight is 275 g/mol. The highest BCUT2D eigenvalue weighted by molar-refractivity contribution is 5.76. The lowest BCUT2D eigenvalue weighted by Gasteiger charge is -2.10.